The van der Waals surface area contributed by atoms with E-state index in [1.165, 1.54) is 0 Å². The Morgan fingerprint density at radius 2 is 1.88 bits per heavy atom. The Hall–Kier alpha value is -3.32. The summed E-state index contributed by atoms with van der Waals surface area (Å²) in [4.78, 5) is 21.5. The van der Waals surface area contributed by atoms with Crippen LogP contribution in [0.3, 0.4) is 0 Å². The van der Waals surface area contributed by atoms with E-state index in [9.17, 15) is 4.79 Å². The Morgan fingerprint density at radius 1 is 1.12 bits per heavy atom. The number of aromatic amines is 1. The molecule has 33 heavy (non-hydrogen) atoms. The van der Waals surface area contributed by atoms with E-state index >= 15 is 8.78 Å². The van der Waals surface area contributed by atoms with E-state index in [4.69, 9.17) is 4.74 Å². The number of aryl methyl sites for hydroxylation is 1. The number of ether oxygens (including phenoxy) is 1. The number of rotatable bonds is 6. The first-order valence-electron chi connectivity index (χ1n) is 11.0. The second kappa shape index (κ2) is 7.92. The lowest BCUT2D eigenvalue weighted by Gasteiger charge is -2.20. The fourth-order valence-electron chi connectivity index (χ4n) is 4.58. The van der Waals surface area contributed by atoms with Crippen LogP contribution in [0, 0.1) is 24.0 Å². The van der Waals surface area contributed by atoms with Crippen LogP contribution < -0.4 is 10.3 Å². The molecule has 1 aliphatic rings. The van der Waals surface area contributed by atoms with Gasteiger partial charge in [0.25, 0.3) is 11.6 Å². The van der Waals surface area contributed by atoms with Gasteiger partial charge in [-0.15, -0.1) is 0 Å². The van der Waals surface area contributed by atoms with E-state index in [0.29, 0.717) is 12.2 Å². The highest BCUT2D eigenvalue weighted by atomic mass is 19.1. The Balaban J connectivity index is 1.62. The van der Waals surface area contributed by atoms with E-state index in [-0.39, 0.29) is 27.9 Å². The molecule has 0 bridgehead atoms. The van der Waals surface area contributed by atoms with Gasteiger partial charge >= 0.3 is 0 Å². The lowest BCUT2D eigenvalue weighted by Crippen LogP contribution is -2.28. The average Bonchev–Trinajstić information content (AvgIpc) is 3.52. The van der Waals surface area contributed by atoms with Crippen molar-refractivity contribution in [2.45, 2.75) is 19.8 Å². The number of aromatic nitrogens is 2. The van der Waals surface area contributed by atoms with Gasteiger partial charge < -0.3 is 9.64 Å². The summed E-state index contributed by atoms with van der Waals surface area (Å²) in [5.41, 5.74) is 0.289. The summed E-state index contributed by atoms with van der Waals surface area (Å²) in [6.07, 6.45) is 2.04. The second-order valence-electron chi connectivity index (χ2n) is 9.37. The van der Waals surface area contributed by atoms with Crippen molar-refractivity contribution in [3.63, 3.8) is 0 Å². The first-order chi connectivity index (χ1) is 15.8. The molecule has 0 saturated heterocycles. The number of hydrogen-bond donors (Lipinski definition) is 1. The lowest BCUT2D eigenvalue weighted by molar-refractivity contribution is 0.183. The molecular formula is C26H25F2N3O2. The summed E-state index contributed by atoms with van der Waals surface area (Å²) in [5, 5.41) is 1.46. The van der Waals surface area contributed by atoms with E-state index < -0.39 is 17.2 Å². The molecule has 7 heteroatoms. The summed E-state index contributed by atoms with van der Waals surface area (Å²) in [7, 11) is 3.99. The molecular weight excluding hydrogens is 424 g/mol. The molecule has 3 aromatic carbocycles. The molecule has 0 spiro atoms. The highest BCUT2D eigenvalue weighted by Crippen LogP contribution is 2.46. The SMILES string of the molecule is Cc1cc(-c2c(F)cc3c(=O)[nH]c(OCC4(CN(C)C)CC4)nc3c2F)c2ccccc2c1. The van der Waals surface area contributed by atoms with Crippen LogP contribution in [-0.4, -0.2) is 42.1 Å². The Kier molecular flexibility index (Phi) is 5.16. The van der Waals surface area contributed by atoms with Gasteiger partial charge in [-0.2, -0.15) is 4.98 Å². The first kappa shape index (κ1) is 21.5. The van der Waals surface area contributed by atoms with Gasteiger partial charge in [0, 0.05) is 12.0 Å². The van der Waals surface area contributed by atoms with Gasteiger partial charge in [-0.25, -0.2) is 8.78 Å². The minimum Gasteiger partial charge on any atom is -0.464 e. The number of halogens is 2. The topological polar surface area (TPSA) is 58.2 Å². The second-order valence-corrected chi connectivity index (χ2v) is 9.37. The van der Waals surface area contributed by atoms with Crippen LogP contribution in [0.5, 0.6) is 6.01 Å². The predicted octanol–water partition coefficient (Wildman–Crippen LogP) is 5.05. The summed E-state index contributed by atoms with van der Waals surface area (Å²) >= 11 is 0. The molecule has 0 amide bonds. The van der Waals surface area contributed by atoms with Crippen molar-refractivity contribution in [3.05, 3.63) is 70.0 Å². The number of benzene rings is 3. The fraction of sp³-hybridized carbons (Fsp3) is 0.308. The maximum absolute atomic E-state index is 15.8. The first-order valence-corrected chi connectivity index (χ1v) is 11.0. The number of nitrogens with zero attached hydrogens (tertiary/aromatic N) is 2. The van der Waals surface area contributed by atoms with Gasteiger partial charge in [-0.05, 0) is 61.8 Å². The predicted molar refractivity (Wildman–Crippen MR) is 126 cm³/mol. The molecule has 0 radical (unpaired) electrons. The largest absolute Gasteiger partial charge is 0.464 e. The van der Waals surface area contributed by atoms with Crippen molar-refractivity contribution >= 4 is 21.7 Å². The van der Waals surface area contributed by atoms with Gasteiger partial charge in [0.1, 0.15) is 11.3 Å². The van der Waals surface area contributed by atoms with Crippen molar-refractivity contribution in [1.82, 2.24) is 14.9 Å². The molecule has 0 atom stereocenters. The zero-order chi connectivity index (χ0) is 23.3. The molecule has 1 aliphatic carbocycles. The summed E-state index contributed by atoms with van der Waals surface area (Å²) in [6.45, 7) is 3.11. The van der Waals surface area contributed by atoms with Gasteiger partial charge in [-0.3, -0.25) is 9.78 Å². The Bertz CT molecular complexity index is 1440. The zero-order valence-electron chi connectivity index (χ0n) is 18.8. The smallest absolute Gasteiger partial charge is 0.297 e. The van der Waals surface area contributed by atoms with Crippen molar-refractivity contribution in [2.75, 3.05) is 27.2 Å². The van der Waals surface area contributed by atoms with Gasteiger partial charge in [0.2, 0.25) is 0 Å². The lowest BCUT2D eigenvalue weighted by atomic mass is 9.94. The highest BCUT2D eigenvalue weighted by Gasteiger charge is 2.44. The van der Waals surface area contributed by atoms with Crippen molar-refractivity contribution in [2.24, 2.45) is 5.41 Å². The molecule has 1 aromatic heterocycles. The van der Waals surface area contributed by atoms with Crippen molar-refractivity contribution < 1.29 is 13.5 Å². The molecule has 4 aromatic rings. The third-order valence-electron chi connectivity index (χ3n) is 6.27. The molecule has 0 unspecified atom stereocenters. The van der Waals surface area contributed by atoms with Crippen molar-refractivity contribution in [1.29, 1.82) is 0 Å². The van der Waals surface area contributed by atoms with Crippen LogP contribution in [0.2, 0.25) is 0 Å². The van der Waals surface area contributed by atoms with Crippen LogP contribution in [0.25, 0.3) is 32.8 Å². The van der Waals surface area contributed by atoms with E-state index in [0.717, 1.165) is 41.8 Å². The standard InChI is InChI=1S/C26H25F2N3O2/c1-15-10-16-6-4-5-7-17(16)18(11-15)21-20(27)12-19-23(22(21)28)29-25(30-24(19)32)33-14-26(8-9-26)13-31(2)3/h4-7,10-12H,8-9,13-14H2,1-3H3,(H,29,30,32). The normalized spacial score (nSPS) is 14.8. The minimum absolute atomic E-state index is 0.0179. The minimum atomic E-state index is -0.869. The monoisotopic (exact) mass is 449 g/mol. The summed E-state index contributed by atoms with van der Waals surface area (Å²) in [6, 6.07) is 12.1. The van der Waals surface area contributed by atoms with Gasteiger partial charge in [0.05, 0.1) is 17.6 Å². The van der Waals surface area contributed by atoms with Gasteiger partial charge in [0.15, 0.2) is 5.82 Å². The third kappa shape index (κ3) is 3.97. The van der Waals surface area contributed by atoms with Crippen LogP contribution in [0.4, 0.5) is 8.78 Å². The quantitative estimate of drug-likeness (QED) is 0.448. The number of hydrogen-bond acceptors (Lipinski definition) is 4. The summed E-state index contributed by atoms with van der Waals surface area (Å²) < 4.78 is 36.7. The molecule has 5 rings (SSSR count). The molecule has 5 nitrogen and oxygen atoms in total. The van der Waals surface area contributed by atoms with Crippen LogP contribution in [0.15, 0.2) is 47.3 Å². The van der Waals surface area contributed by atoms with Crippen molar-refractivity contribution in [3.8, 4) is 17.1 Å². The fourth-order valence-corrected chi connectivity index (χ4v) is 4.58. The van der Waals surface area contributed by atoms with E-state index in [1.54, 1.807) is 6.07 Å². The van der Waals surface area contributed by atoms with Crippen LogP contribution in [0.1, 0.15) is 18.4 Å². The average molecular weight is 450 g/mol. The third-order valence-corrected chi connectivity index (χ3v) is 6.27. The Labute approximate surface area is 190 Å². The number of nitrogens with one attached hydrogen (secondary N) is 1. The molecule has 0 aliphatic heterocycles. The van der Waals surface area contributed by atoms with E-state index in [2.05, 4.69) is 14.9 Å². The maximum Gasteiger partial charge on any atom is 0.297 e. The molecule has 1 N–H and O–H groups in total. The number of H-pyrrole nitrogens is 1. The van der Waals surface area contributed by atoms with Crippen LogP contribution in [-0.2, 0) is 0 Å². The van der Waals surface area contributed by atoms with Crippen LogP contribution >= 0.6 is 0 Å². The maximum atomic E-state index is 15.8. The zero-order valence-corrected chi connectivity index (χ0v) is 18.8. The summed E-state index contributed by atoms with van der Waals surface area (Å²) in [5.74, 6) is -1.68. The van der Waals surface area contributed by atoms with Gasteiger partial charge in [-0.1, -0.05) is 36.4 Å². The molecule has 1 fully saturated rings. The van der Waals surface area contributed by atoms with E-state index in [1.807, 2.05) is 51.4 Å². The molecule has 1 heterocycles. The molecule has 1 saturated carbocycles. The highest BCUT2D eigenvalue weighted by molar-refractivity contribution is 5.99. The number of fused-ring (bicyclic) bond motifs is 2. The molecule has 170 valence electrons. The Morgan fingerprint density at radius 3 is 2.61 bits per heavy atom.